The summed E-state index contributed by atoms with van der Waals surface area (Å²) in [6, 6.07) is 11.3. The standard InChI is InChI=1S/C18H21F2NO/c1-4-22-16-8-5-14(6-9-16)12(2)21-13(3)17-10-7-15(19)11-18(17)20/h5-13,21H,4H2,1-3H3. The lowest BCUT2D eigenvalue weighted by atomic mass is 10.0. The van der Waals surface area contributed by atoms with Gasteiger partial charge in [0.05, 0.1) is 6.61 Å². The number of benzene rings is 2. The third-order valence-corrected chi connectivity index (χ3v) is 3.62. The van der Waals surface area contributed by atoms with E-state index in [9.17, 15) is 8.78 Å². The summed E-state index contributed by atoms with van der Waals surface area (Å²) in [5.41, 5.74) is 1.54. The highest BCUT2D eigenvalue weighted by Crippen LogP contribution is 2.23. The first kappa shape index (κ1) is 16.4. The summed E-state index contributed by atoms with van der Waals surface area (Å²) in [5.74, 6) is -0.261. The van der Waals surface area contributed by atoms with E-state index in [0.29, 0.717) is 12.2 Å². The number of halogens is 2. The van der Waals surface area contributed by atoms with E-state index in [1.807, 2.05) is 45.0 Å². The van der Waals surface area contributed by atoms with E-state index < -0.39 is 11.6 Å². The Hall–Kier alpha value is -1.94. The Kier molecular flexibility index (Phi) is 5.50. The van der Waals surface area contributed by atoms with Gasteiger partial charge in [-0.3, -0.25) is 0 Å². The molecule has 2 atom stereocenters. The summed E-state index contributed by atoms with van der Waals surface area (Å²) < 4.78 is 32.2. The van der Waals surface area contributed by atoms with Gasteiger partial charge in [-0.2, -0.15) is 0 Å². The summed E-state index contributed by atoms with van der Waals surface area (Å²) in [4.78, 5) is 0. The van der Waals surface area contributed by atoms with Crippen molar-refractivity contribution in [1.29, 1.82) is 0 Å². The maximum atomic E-state index is 13.8. The van der Waals surface area contributed by atoms with Crippen LogP contribution in [-0.4, -0.2) is 6.61 Å². The maximum Gasteiger partial charge on any atom is 0.130 e. The highest BCUT2D eigenvalue weighted by atomic mass is 19.1. The first-order valence-corrected chi connectivity index (χ1v) is 7.45. The Labute approximate surface area is 130 Å². The minimum Gasteiger partial charge on any atom is -0.494 e. The average molecular weight is 305 g/mol. The predicted octanol–water partition coefficient (Wildman–Crippen LogP) is 4.78. The van der Waals surface area contributed by atoms with E-state index in [1.165, 1.54) is 12.1 Å². The van der Waals surface area contributed by atoms with Crippen LogP contribution in [0.1, 0.15) is 44.0 Å². The van der Waals surface area contributed by atoms with Crippen LogP contribution in [0, 0.1) is 11.6 Å². The van der Waals surface area contributed by atoms with Crippen LogP contribution in [0.4, 0.5) is 8.78 Å². The molecule has 0 saturated heterocycles. The molecular weight excluding hydrogens is 284 g/mol. The van der Waals surface area contributed by atoms with Crippen LogP contribution in [-0.2, 0) is 0 Å². The van der Waals surface area contributed by atoms with Gasteiger partial charge in [0.25, 0.3) is 0 Å². The molecule has 0 aliphatic rings. The molecule has 0 bridgehead atoms. The number of rotatable bonds is 6. The molecule has 118 valence electrons. The van der Waals surface area contributed by atoms with E-state index in [1.54, 1.807) is 0 Å². The van der Waals surface area contributed by atoms with Gasteiger partial charge in [-0.1, -0.05) is 18.2 Å². The van der Waals surface area contributed by atoms with Crippen molar-refractivity contribution in [3.8, 4) is 5.75 Å². The second kappa shape index (κ2) is 7.36. The Morgan fingerprint density at radius 3 is 2.27 bits per heavy atom. The van der Waals surface area contributed by atoms with Crippen LogP contribution >= 0.6 is 0 Å². The van der Waals surface area contributed by atoms with E-state index in [-0.39, 0.29) is 12.1 Å². The summed E-state index contributed by atoms with van der Waals surface area (Å²) in [6.45, 7) is 6.44. The van der Waals surface area contributed by atoms with Crippen LogP contribution in [0.2, 0.25) is 0 Å². The Balaban J connectivity index is 2.05. The fourth-order valence-electron chi connectivity index (χ4n) is 2.43. The van der Waals surface area contributed by atoms with E-state index in [0.717, 1.165) is 17.4 Å². The summed E-state index contributed by atoms with van der Waals surface area (Å²) in [5, 5.41) is 3.32. The zero-order valence-corrected chi connectivity index (χ0v) is 13.1. The molecule has 22 heavy (non-hydrogen) atoms. The SMILES string of the molecule is CCOc1ccc(C(C)NC(C)c2ccc(F)cc2F)cc1. The maximum absolute atomic E-state index is 13.8. The van der Waals surface area contributed by atoms with Gasteiger partial charge >= 0.3 is 0 Å². The minimum absolute atomic E-state index is 0.0372. The third kappa shape index (κ3) is 4.04. The number of nitrogens with one attached hydrogen (secondary N) is 1. The molecule has 1 N–H and O–H groups in total. The molecule has 0 aliphatic carbocycles. The number of hydrogen-bond acceptors (Lipinski definition) is 2. The van der Waals surface area contributed by atoms with Crippen molar-refractivity contribution >= 4 is 0 Å². The molecule has 0 heterocycles. The first-order chi connectivity index (χ1) is 10.5. The molecule has 0 aliphatic heterocycles. The fraction of sp³-hybridized carbons (Fsp3) is 0.333. The monoisotopic (exact) mass is 305 g/mol. The van der Waals surface area contributed by atoms with Crippen molar-refractivity contribution in [3.05, 3.63) is 65.2 Å². The lowest BCUT2D eigenvalue weighted by Gasteiger charge is -2.21. The number of ether oxygens (including phenoxy) is 1. The van der Waals surface area contributed by atoms with Crippen molar-refractivity contribution in [3.63, 3.8) is 0 Å². The molecule has 0 saturated carbocycles. The second-order valence-electron chi connectivity index (χ2n) is 5.28. The molecule has 2 rings (SSSR count). The van der Waals surface area contributed by atoms with Gasteiger partial charge in [0, 0.05) is 23.7 Å². The molecule has 2 nitrogen and oxygen atoms in total. The van der Waals surface area contributed by atoms with Crippen LogP contribution in [0.3, 0.4) is 0 Å². The van der Waals surface area contributed by atoms with Gasteiger partial charge in [-0.05, 0) is 44.5 Å². The average Bonchev–Trinajstić information content (AvgIpc) is 2.48. The molecule has 0 spiro atoms. The Morgan fingerprint density at radius 1 is 1.00 bits per heavy atom. The van der Waals surface area contributed by atoms with E-state index in [4.69, 9.17) is 4.74 Å². The van der Waals surface area contributed by atoms with E-state index in [2.05, 4.69) is 5.32 Å². The minimum atomic E-state index is -0.562. The first-order valence-electron chi connectivity index (χ1n) is 7.45. The van der Waals surface area contributed by atoms with E-state index >= 15 is 0 Å². The second-order valence-corrected chi connectivity index (χ2v) is 5.28. The summed E-state index contributed by atoms with van der Waals surface area (Å²) >= 11 is 0. The summed E-state index contributed by atoms with van der Waals surface area (Å²) in [6.07, 6.45) is 0. The summed E-state index contributed by atoms with van der Waals surface area (Å²) in [7, 11) is 0. The van der Waals surface area contributed by atoms with Gasteiger partial charge in [0.15, 0.2) is 0 Å². The lowest BCUT2D eigenvalue weighted by molar-refractivity contribution is 0.340. The quantitative estimate of drug-likeness (QED) is 0.829. The molecule has 2 aromatic carbocycles. The molecule has 2 unspecified atom stereocenters. The fourth-order valence-corrected chi connectivity index (χ4v) is 2.43. The van der Waals surface area contributed by atoms with Crippen molar-refractivity contribution in [1.82, 2.24) is 5.32 Å². The van der Waals surface area contributed by atoms with Crippen molar-refractivity contribution < 1.29 is 13.5 Å². The molecule has 0 amide bonds. The molecular formula is C18H21F2NO. The Bertz CT molecular complexity index is 613. The lowest BCUT2D eigenvalue weighted by Crippen LogP contribution is -2.23. The molecule has 2 aromatic rings. The van der Waals surface area contributed by atoms with Gasteiger partial charge in [-0.15, -0.1) is 0 Å². The molecule has 4 heteroatoms. The molecule has 0 fully saturated rings. The van der Waals surface area contributed by atoms with Crippen molar-refractivity contribution in [2.24, 2.45) is 0 Å². The van der Waals surface area contributed by atoms with Gasteiger partial charge < -0.3 is 10.1 Å². The van der Waals surface area contributed by atoms with Gasteiger partial charge in [0.2, 0.25) is 0 Å². The smallest absolute Gasteiger partial charge is 0.130 e. The largest absolute Gasteiger partial charge is 0.494 e. The van der Waals surface area contributed by atoms with Crippen molar-refractivity contribution in [2.45, 2.75) is 32.9 Å². The zero-order chi connectivity index (χ0) is 16.1. The normalized spacial score (nSPS) is 13.7. The third-order valence-electron chi connectivity index (χ3n) is 3.62. The van der Waals surface area contributed by atoms with Gasteiger partial charge in [-0.25, -0.2) is 8.78 Å². The molecule has 0 radical (unpaired) electrons. The van der Waals surface area contributed by atoms with Crippen LogP contribution < -0.4 is 10.1 Å². The highest BCUT2D eigenvalue weighted by Gasteiger charge is 2.15. The zero-order valence-electron chi connectivity index (χ0n) is 13.1. The van der Waals surface area contributed by atoms with Crippen LogP contribution in [0.25, 0.3) is 0 Å². The predicted molar refractivity (Wildman–Crippen MR) is 83.9 cm³/mol. The molecule has 0 aromatic heterocycles. The number of hydrogen-bond donors (Lipinski definition) is 1. The highest BCUT2D eigenvalue weighted by molar-refractivity contribution is 5.29. The van der Waals surface area contributed by atoms with Gasteiger partial charge in [0.1, 0.15) is 17.4 Å². The topological polar surface area (TPSA) is 21.3 Å². The van der Waals surface area contributed by atoms with Crippen molar-refractivity contribution in [2.75, 3.05) is 6.61 Å². The Morgan fingerprint density at radius 2 is 1.68 bits per heavy atom. The van der Waals surface area contributed by atoms with Crippen LogP contribution in [0.15, 0.2) is 42.5 Å². The van der Waals surface area contributed by atoms with Crippen LogP contribution in [0.5, 0.6) is 5.75 Å².